The number of halogens is 5. The quantitative estimate of drug-likeness (QED) is 0.199. The summed E-state index contributed by atoms with van der Waals surface area (Å²) in [5.41, 5.74) is 7.79. The Morgan fingerprint density at radius 1 is 0.750 bits per heavy atom. The molecule has 2 nitrogen and oxygen atoms in total. The summed E-state index contributed by atoms with van der Waals surface area (Å²) in [5.74, 6) is -10.0. The fourth-order valence-corrected chi connectivity index (χ4v) is 6.85. The molecule has 2 aliphatic heterocycles. The first-order chi connectivity index (χ1) is 19.3. The van der Waals surface area contributed by atoms with Gasteiger partial charge in [-0.1, -0.05) is 55.5 Å². The molecule has 202 valence electrons. The van der Waals surface area contributed by atoms with Gasteiger partial charge in [0.05, 0.1) is 23.0 Å². The molecule has 40 heavy (non-hydrogen) atoms. The van der Waals surface area contributed by atoms with Gasteiger partial charge in [-0.15, -0.1) is 0 Å². The van der Waals surface area contributed by atoms with E-state index < -0.39 is 40.7 Å². The third-order valence-electron chi connectivity index (χ3n) is 8.90. The zero-order valence-electron chi connectivity index (χ0n) is 21.9. The third kappa shape index (κ3) is 3.42. The highest BCUT2D eigenvalue weighted by Crippen LogP contribution is 2.48. The van der Waals surface area contributed by atoms with Crippen molar-refractivity contribution in [2.24, 2.45) is 10.9 Å². The molecule has 0 spiro atoms. The predicted octanol–water partition coefficient (Wildman–Crippen LogP) is 7.82. The smallest absolute Gasteiger partial charge is 0.200 e. The van der Waals surface area contributed by atoms with E-state index in [0.717, 1.165) is 58.4 Å². The molecule has 3 aromatic carbocycles. The predicted molar refractivity (Wildman–Crippen MR) is 145 cm³/mol. The lowest BCUT2D eigenvalue weighted by Crippen LogP contribution is -2.31. The maximum absolute atomic E-state index is 15.6. The number of aryl methyl sites for hydroxylation is 2. The maximum atomic E-state index is 15.6. The Labute approximate surface area is 228 Å². The molecule has 7 heteroatoms. The van der Waals surface area contributed by atoms with E-state index in [4.69, 9.17) is 4.99 Å². The molecule has 3 aromatic rings. The van der Waals surface area contributed by atoms with Gasteiger partial charge in [0.2, 0.25) is 5.82 Å². The fourth-order valence-electron chi connectivity index (χ4n) is 6.85. The first-order valence-corrected chi connectivity index (χ1v) is 13.5. The van der Waals surface area contributed by atoms with Gasteiger partial charge < -0.3 is 5.32 Å². The van der Waals surface area contributed by atoms with E-state index in [1.807, 2.05) is 62.4 Å². The summed E-state index contributed by atoms with van der Waals surface area (Å²) in [6, 6.07) is 15.0. The van der Waals surface area contributed by atoms with Crippen LogP contribution in [0.4, 0.5) is 22.0 Å². The molecule has 0 bridgehead atoms. The number of aliphatic imine (C=N–C) groups is 1. The van der Waals surface area contributed by atoms with Crippen LogP contribution in [0.25, 0.3) is 11.3 Å². The second kappa shape index (κ2) is 9.01. The van der Waals surface area contributed by atoms with Crippen molar-refractivity contribution in [3.05, 3.63) is 128 Å². The van der Waals surface area contributed by atoms with Crippen LogP contribution in [0.5, 0.6) is 0 Å². The minimum atomic E-state index is -2.17. The van der Waals surface area contributed by atoms with Crippen molar-refractivity contribution in [3.63, 3.8) is 0 Å². The molecule has 0 fully saturated rings. The van der Waals surface area contributed by atoms with Crippen LogP contribution < -0.4 is 5.32 Å². The van der Waals surface area contributed by atoms with Crippen molar-refractivity contribution >= 4 is 17.0 Å². The normalized spacial score (nSPS) is 22.4. The molecule has 2 heterocycles. The number of benzene rings is 3. The Hall–Kier alpha value is -4.00. The summed E-state index contributed by atoms with van der Waals surface area (Å²) >= 11 is 0. The first-order valence-electron chi connectivity index (χ1n) is 13.5. The van der Waals surface area contributed by atoms with Crippen LogP contribution in [-0.2, 0) is 12.8 Å². The summed E-state index contributed by atoms with van der Waals surface area (Å²) in [5, 5.41) is 3.46. The molecule has 1 N–H and O–H groups in total. The monoisotopic (exact) mass is 544 g/mol. The molecule has 2 atom stereocenters. The Balaban J connectivity index is 1.49. The molecule has 0 amide bonds. The Morgan fingerprint density at radius 3 is 2.02 bits per heavy atom. The zero-order valence-corrected chi connectivity index (χ0v) is 21.9. The zero-order chi connectivity index (χ0) is 27.9. The van der Waals surface area contributed by atoms with Gasteiger partial charge in [-0.3, -0.25) is 0 Å². The van der Waals surface area contributed by atoms with Crippen molar-refractivity contribution in [1.82, 2.24) is 5.32 Å². The molecule has 0 saturated heterocycles. The minimum Gasteiger partial charge on any atom is -0.377 e. The molecule has 7 rings (SSSR count). The SMILES string of the molecule is CC1=C2CCc3ccccc3C2=N/C1=C(/c1c(F)c(F)c(F)c(F)c1F)C1NC2=C(CCc3ccccc32)C1C. The summed E-state index contributed by atoms with van der Waals surface area (Å²) in [6.07, 6.45) is 2.99. The Bertz CT molecular complexity index is 1730. The van der Waals surface area contributed by atoms with Gasteiger partial charge in [0, 0.05) is 28.3 Å². The third-order valence-corrected chi connectivity index (χ3v) is 8.90. The number of hydrogen-bond acceptors (Lipinski definition) is 2. The lowest BCUT2D eigenvalue weighted by Gasteiger charge is -2.25. The highest BCUT2D eigenvalue weighted by Gasteiger charge is 2.42. The Morgan fingerprint density at radius 2 is 1.32 bits per heavy atom. The number of nitrogens with zero attached hydrogens (tertiary/aromatic N) is 1. The van der Waals surface area contributed by atoms with Gasteiger partial charge in [0.25, 0.3) is 0 Å². The van der Waals surface area contributed by atoms with Crippen LogP contribution in [-0.4, -0.2) is 11.8 Å². The number of allylic oxidation sites excluding steroid dienone is 2. The minimum absolute atomic E-state index is 0.00318. The van der Waals surface area contributed by atoms with Crippen LogP contribution in [0.2, 0.25) is 0 Å². The van der Waals surface area contributed by atoms with Gasteiger partial charge in [-0.2, -0.15) is 0 Å². The van der Waals surface area contributed by atoms with Gasteiger partial charge in [0.15, 0.2) is 23.3 Å². The van der Waals surface area contributed by atoms with Gasteiger partial charge in [-0.25, -0.2) is 26.9 Å². The molecule has 0 saturated carbocycles. The van der Waals surface area contributed by atoms with Crippen molar-refractivity contribution in [2.45, 2.75) is 45.6 Å². The van der Waals surface area contributed by atoms with Gasteiger partial charge in [0.1, 0.15) is 0 Å². The number of hydrogen-bond donors (Lipinski definition) is 1. The van der Waals surface area contributed by atoms with Crippen LogP contribution in [0.15, 0.2) is 75.9 Å². The molecule has 2 unspecified atom stereocenters. The average Bonchev–Trinajstić information content (AvgIpc) is 3.50. The van der Waals surface area contributed by atoms with Crippen LogP contribution in [0.1, 0.15) is 54.5 Å². The highest BCUT2D eigenvalue weighted by atomic mass is 19.2. The molecule has 0 aromatic heterocycles. The molecule has 4 aliphatic rings. The average molecular weight is 545 g/mol. The lowest BCUT2D eigenvalue weighted by atomic mass is 9.81. The summed E-state index contributed by atoms with van der Waals surface area (Å²) in [4.78, 5) is 4.91. The molecular formula is C33H25F5N2. The number of fused-ring (bicyclic) bond motifs is 5. The first kappa shape index (κ1) is 25.0. The lowest BCUT2D eigenvalue weighted by molar-refractivity contribution is 0.375. The topological polar surface area (TPSA) is 24.4 Å². The van der Waals surface area contributed by atoms with E-state index in [1.165, 1.54) is 0 Å². The van der Waals surface area contributed by atoms with Crippen LogP contribution >= 0.6 is 0 Å². The molecule has 0 radical (unpaired) electrons. The summed E-state index contributed by atoms with van der Waals surface area (Å²) < 4.78 is 74.6. The van der Waals surface area contributed by atoms with Crippen LogP contribution in [0.3, 0.4) is 0 Å². The van der Waals surface area contributed by atoms with E-state index in [9.17, 15) is 13.2 Å². The Kier molecular flexibility index (Phi) is 5.63. The van der Waals surface area contributed by atoms with Crippen molar-refractivity contribution in [2.75, 3.05) is 0 Å². The van der Waals surface area contributed by atoms with E-state index in [0.29, 0.717) is 17.7 Å². The second-order valence-electron chi connectivity index (χ2n) is 10.9. The molecule has 2 aliphatic carbocycles. The van der Waals surface area contributed by atoms with Crippen molar-refractivity contribution in [3.8, 4) is 0 Å². The molecular weight excluding hydrogens is 519 g/mol. The van der Waals surface area contributed by atoms with E-state index in [2.05, 4.69) is 5.32 Å². The standard InChI is InChI=1S/C33H25F5N2/c1-15-19-13-11-17-7-3-5-9-21(17)32(19)39-30(15)24(23-25(34)27(36)29(38)28(37)26(23)35)31-16(2)20-14-12-18-8-4-6-10-22(18)33(20)40-31/h3-10,15,30,39H,11-14H2,1-2H3/b31-24-. The van der Waals surface area contributed by atoms with Crippen molar-refractivity contribution < 1.29 is 22.0 Å². The van der Waals surface area contributed by atoms with E-state index >= 15 is 8.78 Å². The van der Waals surface area contributed by atoms with Crippen molar-refractivity contribution in [1.29, 1.82) is 0 Å². The fraction of sp³-hybridized carbons (Fsp3) is 0.242. The summed E-state index contributed by atoms with van der Waals surface area (Å²) in [6.45, 7) is 3.76. The maximum Gasteiger partial charge on any atom is 0.200 e. The van der Waals surface area contributed by atoms with Crippen LogP contribution in [0, 0.1) is 35.0 Å². The van der Waals surface area contributed by atoms with E-state index in [-0.39, 0.29) is 17.2 Å². The number of nitrogens with one attached hydrogen (secondary N) is 1. The summed E-state index contributed by atoms with van der Waals surface area (Å²) in [7, 11) is 0. The van der Waals surface area contributed by atoms with Gasteiger partial charge in [-0.05, 0) is 60.5 Å². The largest absolute Gasteiger partial charge is 0.377 e. The second-order valence-corrected chi connectivity index (χ2v) is 10.9. The van der Waals surface area contributed by atoms with Gasteiger partial charge >= 0.3 is 0 Å². The van der Waals surface area contributed by atoms with E-state index in [1.54, 1.807) is 0 Å². The number of rotatable bonds is 2. The highest BCUT2D eigenvalue weighted by molar-refractivity contribution is 6.18.